The quantitative estimate of drug-likeness (QED) is 0.799. The monoisotopic (exact) mass is 397 g/mol. The van der Waals surface area contributed by atoms with Crippen LogP contribution in [0.25, 0.3) is 0 Å². The molecule has 29 heavy (non-hydrogen) atoms. The second-order valence-corrected chi connectivity index (χ2v) is 7.27. The topological polar surface area (TPSA) is 79.8 Å². The highest BCUT2D eigenvalue weighted by Gasteiger charge is 2.25. The molecule has 2 saturated heterocycles. The Hall–Kier alpha value is -2.87. The van der Waals surface area contributed by atoms with Crippen LogP contribution in [-0.2, 0) is 4.74 Å². The molecule has 2 aromatic rings. The Kier molecular flexibility index (Phi) is 6.09. The molecule has 0 aliphatic carbocycles. The average molecular weight is 397 g/mol. The molecule has 2 fully saturated rings. The van der Waals surface area contributed by atoms with Crippen LogP contribution in [0, 0.1) is 0 Å². The normalized spacial score (nSPS) is 19.3. The number of methoxy groups -OCH3 is 1. The summed E-state index contributed by atoms with van der Waals surface area (Å²) in [7, 11) is 1.59. The molecular weight excluding hydrogens is 370 g/mol. The second-order valence-electron chi connectivity index (χ2n) is 7.27. The maximum absolute atomic E-state index is 12.8. The van der Waals surface area contributed by atoms with Gasteiger partial charge in [-0.05, 0) is 37.1 Å². The number of piperazine rings is 1. The number of para-hydroxylation sites is 1. The third-order valence-electron chi connectivity index (χ3n) is 5.41. The first kappa shape index (κ1) is 19.4. The molecule has 1 aromatic heterocycles. The van der Waals surface area contributed by atoms with E-state index in [9.17, 15) is 4.79 Å². The number of carbonyl (C=O) groups is 1. The first-order valence-corrected chi connectivity index (χ1v) is 10.1. The fourth-order valence-corrected chi connectivity index (χ4v) is 3.74. The van der Waals surface area contributed by atoms with Crippen LogP contribution >= 0.6 is 0 Å². The fraction of sp³-hybridized carbons (Fsp3) is 0.476. The zero-order valence-corrected chi connectivity index (χ0v) is 16.7. The minimum absolute atomic E-state index is 0.00173. The standard InChI is InChI=1S/C21H27N5O3/c1-28-18-7-3-2-6-17(18)21(27)26-12-10-25(11-13-26)20-9-8-19(23-24-20)22-15-16-5-4-14-29-16/h2-3,6-9,16H,4-5,10-15H2,1H3,(H,22,23). The van der Waals surface area contributed by atoms with Gasteiger partial charge in [-0.15, -0.1) is 10.2 Å². The Balaban J connectivity index is 1.30. The van der Waals surface area contributed by atoms with Crippen LogP contribution in [-0.4, -0.2) is 73.5 Å². The molecule has 0 radical (unpaired) electrons. The SMILES string of the molecule is COc1ccccc1C(=O)N1CCN(c2ccc(NCC3CCCO3)nn2)CC1. The summed E-state index contributed by atoms with van der Waals surface area (Å²) in [5, 5.41) is 11.9. The number of nitrogens with zero attached hydrogens (tertiary/aromatic N) is 4. The molecule has 154 valence electrons. The molecule has 0 saturated carbocycles. The summed E-state index contributed by atoms with van der Waals surface area (Å²) in [5.41, 5.74) is 0.602. The number of carbonyl (C=O) groups excluding carboxylic acids is 1. The highest BCUT2D eigenvalue weighted by Crippen LogP contribution is 2.21. The van der Waals surface area contributed by atoms with Crippen LogP contribution < -0.4 is 15.0 Å². The predicted molar refractivity (Wildman–Crippen MR) is 111 cm³/mol. The molecule has 1 N–H and O–H groups in total. The van der Waals surface area contributed by atoms with Gasteiger partial charge in [0.2, 0.25) is 0 Å². The van der Waals surface area contributed by atoms with Gasteiger partial charge in [0, 0.05) is 39.3 Å². The summed E-state index contributed by atoms with van der Waals surface area (Å²) in [6.45, 7) is 4.33. The van der Waals surface area contributed by atoms with Gasteiger partial charge in [0.05, 0.1) is 18.8 Å². The van der Waals surface area contributed by atoms with Gasteiger partial charge in [-0.2, -0.15) is 0 Å². The molecule has 1 amide bonds. The van der Waals surface area contributed by atoms with Crippen molar-refractivity contribution in [2.75, 3.05) is 56.7 Å². The van der Waals surface area contributed by atoms with Crippen molar-refractivity contribution in [1.29, 1.82) is 0 Å². The molecule has 3 heterocycles. The van der Waals surface area contributed by atoms with Crippen LogP contribution in [0.15, 0.2) is 36.4 Å². The van der Waals surface area contributed by atoms with E-state index in [1.165, 1.54) is 0 Å². The molecule has 2 aliphatic heterocycles. The Morgan fingerprint density at radius 3 is 2.69 bits per heavy atom. The van der Waals surface area contributed by atoms with E-state index in [1.807, 2.05) is 35.2 Å². The maximum Gasteiger partial charge on any atom is 0.257 e. The van der Waals surface area contributed by atoms with Crippen molar-refractivity contribution in [2.45, 2.75) is 18.9 Å². The Labute approximate surface area is 170 Å². The van der Waals surface area contributed by atoms with Crippen LogP contribution in [0.3, 0.4) is 0 Å². The fourth-order valence-electron chi connectivity index (χ4n) is 3.74. The number of hydrogen-bond acceptors (Lipinski definition) is 7. The van der Waals surface area contributed by atoms with Crippen molar-refractivity contribution in [2.24, 2.45) is 0 Å². The minimum atomic E-state index is 0.00173. The third kappa shape index (κ3) is 4.59. The van der Waals surface area contributed by atoms with E-state index in [1.54, 1.807) is 13.2 Å². The van der Waals surface area contributed by atoms with Gasteiger partial charge in [0.1, 0.15) is 11.6 Å². The summed E-state index contributed by atoms with van der Waals surface area (Å²) in [5.74, 6) is 2.20. The highest BCUT2D eigenvalue weighted by atomic mass is 16.5. The number of rotatable bonds is 6. The lowest BCUT2D eigenvalue weighted by Crippen LogP contribution is -2.49. The molecular formula is C21H27N5O3. The van der Waals surface area contributed by atoms with Crippen molar-refractivity contribution < 1.29 is 14.3 Å². The van der Waals surface area contributed by atoms with Crippen molar-refractivity contribution >= 4 is 17.5 Å². The van der Waals surface area contributed by atoms with E-state index in [2.05, 4.69) is 20.4 Å². The van der Waals surface area contributed by atoms with Crippen molar-refractivity contribution in [3.05, 3.63) is 42.0 Å². The number of aromatic nitrogens is 2. The van der Waals surface area contributed by atoms with Gasteiger partial charge in [0.15, 0.2) is 5.82 Å². The molecule has 1 atom stereocenters. The number of nitrogens with one attached hydrogen (secondary N) is 1. The second kappa shape index (κ2) is 9.09. The summed E-state index contributed by atoms with van der Waals surface area (Å²) in [6, 6.07) is 11.3. The van der Waals surface area contributed by atoms with Crippen LogP contribution in [0.5, 0.6) is 5.75 Å². The molecule has 0 bridgehead atoms. The largest absolute Gasteiger partial charge is 0.496 e. The first-order chi connectivity index (χ1) is 14.2. The molecule has 4 rings (SSSR count). The number of benzene rings is 1. The van der Waals surface area contributed by atoms with Gasteiger partial charge in [-0.3, -0.25) is 4.79 Å². The lowest BCUT2D eigenvalue weighted by atomic mass is 10.1. The van der Waals surface area contributed by atoms with E-state index < -0.39 is 0 Å². The van der Waals surface area contributed by atoms with Gasteiger partial charge in [-0.1, -0.05) is 12.1 Å². The summed E-state index contributed by atoms with van der Waals surface area (Å²) in [4.78, 5) is 16.8. The minimum Gasteiger partial charge on any atom is -0.496 e. The lowest BCUT2D eigenvalue weighted by molar-refractivity contribution is 0.0743. The van der Waals surface area contributed by atoms with Gasteiger partial charge in [-0.25, -0.2) is 0 Å². The smallest absolute Gasteiger partial charge is 0.257 e. The zero-order valence-electron chi connectivity index (χ0n) is 16.7. The zero-order chi connectivity index (χ0) is 20.1. The molecule has 0 spiro atoms. The van der Waals surface area contributed by atoms with E-state index in [-0.39, 0.29) is 12.0 Å². The maximum atomic E-state index is 12.8. The van der Waals surface area contributed by atoms with Gasteiger partial charge in [0.25, 0.3) is 5.91 Å². The summed E-state index contributed by atoms with van der Waals surface area (Å²) < 4.78 is 10.9. The van der Waals surface area contributed by atoms with E-state index >= 15 is 0 Å². The van der Waals surface area contributed by atoms with E-state index in [4.69, 9.17) is 9.47 Å². The number of ether oxygens (including phenoxy) is 2. The van der Waals surface area contributed by atoms with Gasteiger partial charge >= 0.3 is 0 Å². The van der Waals surface area contributed by atoms with E-state index in [0.29, 0.717) is 24.4 Å². The molecule has 1 unspecified atom stereocenters. The third-order valence-corrected chi connectivity index (χ3v) is 5.41. The van der Waals surface area contributed by atoms with Crippen LogP contribution in [0.1, 0.15) is 23.2 Å². The Morgan fingerprint density at radius 1 is 1.17 bits per heavy atom. The Bertz CT molecular complexity index is 815. The number of hydrogen-bond donors (Lipinski definition) is 1. The average Bonchev–Trinajstić information content (AvgIpc) is 3.31. The molecule has 8 heteroatoms. The van der Waals surface area contributed by atoms with Crippen molar-refractivity contribution in [3.63, 3.8) is 0 Å². The van der Waals surface area contributed by atoms with Crippen molar-refractivity contribution in [1.82, 2.24) is 15.1 Å². The van der Waals surface area contributed by atoms with Gasteiger partial charge < -0.3 is 24.6 Å². The Morgan fingerprint density at radius 2 is 2.00 bits per heavy atom. The summed E-state index contributed by atoms with van der Waals surface area (Å²) in [6.07, 6.45) is 2.49. The highest BCUT2D eigenvalue weighted by molar-refractivity contribution is 5.97. The first-order valence-electron chi connectivity index (χ1n) is 10.1. The van der Waals surface area contributed by atoms with Crippen molar-refractivity contribution in [3.8, 4) is 5.75 Å². The van der Waals surface area contributed by atoms with E-state index in [0.717, 1.165) is 50.7 Å². The number of amides is 1. The van der Waals surface area contributed by atoms with Crippen LogP contribution in [0.4, 0.5) is 11.6 Å². The lowest BCUT2D eigenvalue weighted by Gasteiger charge is -2.35. The predicted octanol–water partition coefficient (Wildman–Crippen LogP) is 2.04. The molecule has 8 nitrogen and oxygen atoms in total. The summed E-state index contributed by atoms with van der Waals surface area (Å²) >= 11 is 0. The molecule has 2 aliphatic rings. The van der Waals surface area contributed by atoms with Crippen LogP contribution in [0.2, 0.25) is 0 Å². The number of anilines is 2. The molecule has 1 aromatic carbocycles.